The maximum atomic E-state index is 13.0. The highest BCUT2D eigenvalue weighted by Gasteiger charge is 2.30. The summed E-state index contributed by atoms with van der Waals surface area (Å²) in [5.74, 6) is 0.0537. The second-order valence-electron chi connectivity index (χ2n) is 6.81. The van der Waals surface area contributed by atoms with E-state index in [-0.39, 0.29) is 18.0 Å². The first-order chi connectivity index (χ1) is 9.07. The van der Waals surface area contributed by atoms with Gasteiger partial charge in [-0.25, -0.2) is 0 Å². The Bertz CT molecular complexity index is 484. The molecule has 1 amide bonds. The molecule has 0 unspecified atom stereocenters. The highest BCUT2D eigenvalue weighted by Crippen LogP contribution is 2.21. The van der Waals surface area contributed by atoms with Crippen LogP contribution in [0.15, 0.2) is 18.2 Å². The average molecular weight is 312 g/mol. The van der Waals surface area contributed by atoms with Crippen LogP contribution in [0, 0.1) is 0 Å². The van der Waals surface area contributed by atoms with E-state index in [2.05, 4.69) is 25.7 Å². The summed E-state index contributed by atoms with van der Waals surface area (Å²) >= 11 is 6.36. The Morgan fingerprint density at radius 2 is 1.60 bits per heavy atom. The molecule has 1 aromatic carbocycles. The van der Waals surface area contributed by atoms with Crippen molar-refractivity contribution in [2.45, 2.75) is 59.4 Å². The Hall–Kier alpha value is -0.803. The number of halogens is 1. The fourth-order valence-electron chi connectivity index (χ4n) is 2.56. The quantitative estimate of drug-likeness (QED) is 0.765. The summed E-state index contributed by atoms with van der Waals surface area (Å²) in [6.07, 6.45) is 0. The molecule has 0 atom stereocenters. The van der Waals surface area contributed by atoms with Gasteiger partial charge in [0.1, 0.15) is 0 Å². The highest BCUT2D eigenvalue weighted by molar-refractivity contribution is 6.89. The van der Waals surface area contributed by atoms with Gasteiger partial charge in [0, 0.05) is 12.1 Å². The van der Waals surface area contributed by atoms with Crippen molar-refractivity contribution in [1.82, 2.24) is 4.90 Å². The number of carbonyl (C=O) groups is 1. The molecule has 0 N–H and O–H groups in total. The number of rotatable bonds is 4. The number of amides is 1. The van der Waals surface area contributed by atoms with Gasteiger partial charge in [0.15, 0.2) is 0 Å². The molecular weight excluding hydrogens is 286 g/mol. The zero-order chi connectivity index (χ0) is 15.7. The van der Waals surface area contributed by atoms with Gasteiger partial charge in [-0.1, -0.05) is 43.4 Å². The lowest BCUT2D eigenvalue weighted by atomic mass is 10.1. The van der Waals surface area contributed by atoms with Gasteiger partial charge in [-0.3, -0.25) is 4.79 Å². The van der Waals surface area contributed by atoms with Gasteiger partial charge in [-0.15, -0.1) is 0 Å². The molecule has 112 valence electrons. The van der Waals surface area contributed by atoms with Crippen LogP contribution >= 0.6 is 11.6 Å². The van der Waals surface area contributed by atoms with Gasteiger partial charge in [0.25, 0.3) is 5.91 Å². The Balaban J connectivity index is 3.42. The van der Waals surface area contributed by atoms with Crippen LogP contribution in [0.5, 0.6) is 0 Å². The van der Waals surface area contributed by atoms with E-state index in [1.165, 1.54) is 0 Å². The first kappa shape index (κ1) is 17.2. The van der Waals surface area contributed by atoms with E-state index in [0.717, 1.165) is 5.19 Å². The van der Waals surface area contributed by atoms with Crippen molar-refractivity contribution < 1.29 is 4.79 Å². The molecule has 0 aliphatic carbocycles. The summed E-state index contributed by atoms with van der Waals surface area (Å²) in [5.41, 5.74) is 0.704. The number of benzene rings is 1. The van der Waals surface area contributed by atoms with E-state index in [4.69, 9.17) is 11.6 Å². The van der Waals surface area contributed by atoms with Crippen LogP contribution in [0.4, 0.5) is 0 Å². The van der Waals surface area contributed by atoms with Crippen LogP contribution < -0.4 is 5.19 Å². The number of carbonyl (C=O) groups excluding carboxylic acids is 1. The zero-order valence-electron chi connectivity index (χ0n) is 13.6. The van der Waals surface area contributed by atoms with Crippen molar-refractivity contribution >= 4 is 30.8 Å². The second kappa shape index (κ2) is 6.31. The summed E-state index contributed by atoms with van der Waals surface area (Å²) in [6, 6.07) is 6.14. The smallest absolute Gasteiger partial charge is 0.255 e. The first-order valence-corrected chi connectivity index (χ1v) is 11.1. The molecule has 0 aromatic heterocycles. The van der Waals surface area contributed by atoms with Gasteiger partial charge >= 0.3 is 0 Å². The fourth-order valence-corrected chi connectivity index (χ4v) is 4.48. The largest absolute Gasteiger partial charge is 0.334 e. The molecule has 20 heavy (non-hydrogen) atoms. The summed E-state index contributed by atoms with van der Waals surface area (Å²) in [6.45, 7) is 14.9. The van der Waals surface area contributed by atoms with E-state index in [1.807, 2.05) is 44.7 Å². The molecule has 0 aliphatic rings. The van der Waals surface area contributed by atoms with Crippen molar-refractivity contribution in [1.29, 1.82) is 0 Å². The molecule has 0 saturated heterocycles. The zero-order valence-corrected chi connectivity index (χ0v) is 15.4. The van der Waals surface area contributed by atoms with Crippen LogP contribution in [0.25, 0.3) is 0 Å². The van der Waals surface area contributed by atoms with E-state index in [0.29, 0.717) is 10.6 Å². The topological polar surface area (TPSA) is 20.3 Å². The predicted molar refractivity (Wildman–Crippen MR) is 90.9 cm³/mol. The van der Waals surface area contributed by atoms with Crippen LogP contribution in [-0.2, 0) is 0 Å². The lowest BCUT2D eigenvalue weighted by molar-refractivity contribution is 0.0645. The molecule has 1 aromatic rings. The van der Waals surface area contributed by atoms with Gasteiger partial charge in [0.2, 0.25) is 0 Å². The number of hydrogen-bond acceptors (Lipinski definition) is 1. The van der Waals surface area contributed by atoms with Gasteiger partial charge in [-0.05, 0) is 38.9 Å². The maximum Gasteiger partial charge on any atom is 0.255 e. The highest BCUT2D eigenvalue weighted by atomic mass is 35.5. The Morgan fingerprint density at radius 1 is 1.10 bits per heavy atom. The van der Waals surface area contributed by atoms with Gasteiger partial charge in [0.05, 0.1) is 18.7 Å². The molecule has 0 fully saturated rings. The minimum atomic E-state index is -1.62. The lowest BCUT2D eigenvalue weighted by Crippen LogP contribution is -2.48. The van der Waals surface area contributed by atoms with Gasteiger partial charge in [-0.2, -0.15) is 0 Å². The van der Waals surface area contributed by atoms with E-state index < -0.39 is 8.07 Å². The molecule has 0 spiro atoms. The van der Waals surface area contributed by atoms with Gasteiger partial charge < -0.3 is 4.90 Å². The molecule has 1 rings (SSSR count). The third-order valence-electron chi connectivity index (χ3n) is 3.38. The Kier molecular flexibility index (Phi) is 5.44. The number of hydrogen-bond donors (Lipinski definition) is 0. The summed E-state index contributed by atoms with van der Waals surface area (Å²) in [4.78, 5) is 14.9. The molecule has 2 nitrogen and oxygen atoms in total. The lowest BCUT2D eigenvalue weighted by Gasteiger charge is -2.33. The van der Waals surface area contributed by atoms with E-state index in [9.17, 15) is 4.79 Å². The monoisotopic (exact) mass is 311 g/mol. The molecule has 0 heterocycles. The normalized spacial score (nSPS) is 12.1. The van der Waals surface area contributed by atoms with Crippen LogP contribution in [0.3, 0.4) is 0 Å². The number of nitrogens with zero attached hydrogens (tertiary/aromatic N) is 1. The van der Waals surface area contributed by atoms with E-state index in [1.54, 1.807) is 0 Å². The Labute approximate surface area is 129 Å². The molecular formula is C16H26ClNOSi. The second-order valence-corrected chi connectivity index (χ2v) is 12.3. The van der Waals surface area contributed by atoms with Crippen molar-refractivity contribution in [3.63, 3.8) is 0 Å². The van der Waals surface area contributed by atoms with Crippen molar-refractivity contribution in [3.8, 4) is 0 Å². The van der Waals surface area contributed by atoms with Crippen LogP contribution in [0.1, 0.15) is 38.1 Å². The predicted octanol–water partition coefficient (Wildman–Crippen LogP) is 4.14. The summed E-state index contributed by atoms with van der Waals surface area (Å²) < 4.78 is 0. The van der Waals surface area contributed by atoms with E-state index >= 15 is 0 Å². The molecule has 0 bridgehead atoms. The minimum absolute atomic E-state index is 0.0537. The summed E-state index contributed by atoms with van der Waals surface area (Å²) in [7, 11) is -1.62. The Morgan fingerprint density at radius 3 is 2.00 bits per heavy atom. The maximum absolute atomic E-state index is 13.0. The minimum Gasteiger partial charge on any atom is -0.334 e. The van der Waals surface area contributed by atoms with Crippen molar-refractivity contribution in [3.05, 3.63) is 28.8 Å². The fraction of sp³-hybridized carbons (Fsp3) is 0.562. The molecule has 4 heteroatoms. The average Bonchev–Trinajstić information content (AvgIpc) is 2.25. The molecule has 0 aliphatic heterocycles. The SMILES string of the molecule is CC(C)N(C(=O)c1c(Cl)cccc1[Si](C)(C)C)C(C)C. The third-order valence-corrected chi connectivity index (χ3v) is 5.73. The molecule has 0 saturated carbocycles. The summed E-state index contributed by atoms with van der Waals surface area (Å²) in [5, 5.41) is 1.71. The standard InChI is InChI=1S/C16H26ClNOSi/c1-11(2)18(12(3)4)16(19)15-13(17)9-8-10-14(15)20(5,6)7/h8-12H,1-7H3. The third kappa shape index (κ3) is 3.64. The van der Waals surface area contributed by atoms with Crippen molar-refractivity contribution in [2.75, 3.05) is 0 Å². The van der Waals surface area contributed by atoms with Crippen LogP contribution in [-0.4, -0.2) is 31.0 Å². The first-order valence-electron chi connectivity index (χ1n) is 7.19. The molecule has 0 radical (unpaired) electrons. The van der Waals surface area contributed by atoms with Crippen molar-refractivity contribution in [2.24, 2.45) is 0 Å². The van der Waals surface area contributed by atoms with Crippen LogP contribution in [0.2, 0.25) is 24.7 Å².